The van der Waals surface area contributed by atoms with Crippen LogP contribution in [0.4, 0.5) is 10.1 Å². The van der Waals surface area contributed by atoms with Crippen molar-refractivity contribution in [2.75, 3.05) is 18.4 Å². The van der Waals surface area contributed by atoms with Crippen LogP contribution in [0.5, 0.6) is 5.75 Å². The second-order valence-corrected chi connectivity index (χ2v) is 8.86. The summed E-state index contributed by atoms with van der Waals surface area (Å²) in [5.74, 6) is -0.200. The number of ketones is 1. The maximum Gasteiger partial charge on any atom is 0.224 e. The Morgan fingerprint density at radius 2 is 1.84 bits per heavy atom. The summed E-state index contributed by atoms with van der Waals surface area (Å²) in [7, 11) is 0. The molecule has 2 aromatic carbocycles. The van der Waals surface area contributed by atoms with E-state index in [4.69, 9.17) is 16.3 Å². The van der Waals surface area contributed by atoms with Crippen molar-refractivity contribution in [2.45, 2.75) is 44.6 Å². The molecule has 0 aromatic heterocycles. The normalized spacial score (nSPS) is 17.0. The van der Waals surface area contributed by atoms with Crippen LogP contribution in [0.15, 0.2) is 36.4 Å². The van der Waals surface area contributed by atoms with Crippen LogP contribution in [-0.4, -0.2) is 41.2 Å². The van der Waals surface area contributed by atoms with Gasteiger partial charge in [-0.3, -0.25) is 14.4 Å². The number of fused-ring (bicyclic) bond motifs is 1. The second kappa shape index (κ2) is 8.90. The molecule has 8 heteroatoms. The Bertz CT molecular complexity index is 1060. The lowest BCUT2D eigenvalue weighted by Gasteiger charge is -2.44. The zero-order valence-electron chi connectivity index (χ0n) is 17.7. The van der Waals surface area contributed by atoms with Gasteiger partial charge in [-0.25, -0.2) is 4.39 Å². The van der Waals surface area contributed by atoms with Crippen LogP contribution in [0.25, 0.3) is 0 Å². The average molecular weight is 459 g/mol. The van der Waals surface area contributed by atoms with E-state index in [0.29, 0.717) is 48.0 Å². The van der Waals surface area contributed by atoms with Crippen molar-refractivity contribution in [3.05, 3.63) is 58.4 Å². The Morgan fingerprint density at radius 3 is 2.53 bits per heavy atom. The number of ether oxygens (including phenoxy) is 1. The molecule has 6 nitrogen and oxygen atoms in total. The fraction of sp³-hybridized carbons (Fsp3) is 0.375. The van der Waals surface area contributed by atoms with Crippen LogP contribution in [0.2, 0.25) is 5.02 Å². The van der Waals surface area contributed by atoms with Gasteiger partial charge >= 0.3 is 0 Å². The monoisotopic (exact) mass is 458 g/mol. The molecule has 32 heavy (non-hydrogen) atoms. The summed E-state index contributed by atoms with van der Waals surface area (Å²) in [6.45, 7) is 2.80. The van der Waals surface area contributed by atoms with Crippen molar-refractivity contribution < 1.29 is 23.5 Å². The number of rotatable bonds is 4. The minimum atomic E-state index is -0.612. The van der Waals surface area contributed by atoms with Gasteiger partial charge in [-0.1, -0.05) is 11.6 Å². The number of benzene rings is 2. The summed E-state index contributed by atoms with van der Waals surface area (Å²) in [6, 6.07) is 8.89. The van der Waals surface area contributed by atoms with Crippen molar-refractivity contribution in [3.63, 3.8) is 0 Å². The molecule has 0 bridgehead atoms. The molecule has 0 saturated carbocycles. The van der Waals surface area contributed by atoms with E-state index in [1.54, 1.807) is 17.0 Å². The minimum Gasteiger partial charge on any atom is -0.486 e. The minimum absolute atomic E-state index is 0.00842. The van der Waals surface area contributed by atoms with Crippen LogP contribution in [0.3, 0.4) is 0 Å². The Hall–Kier alpha value is -2.93. The van der Waals surface area contributed by atoms with Gasteiger partial charge in [-0.2, -0.15) is 0 Å². The number of amides is 2. The molecule has 168 valence electrons. The maximum atomic E-state index is 13.0. The Labute approximate surface area is 190 Å². The smallest absolute Gasteiger partial charge is 0.224 e. The summed E-state index contributed by atoms with van der Waals surface area (Å²) >= 11 is 6.09. The number of likely N-dealkylation sites (tertiary alicyclic amines) is 1. The molecule has 1 spiro atoms. The predicted molar refractivity (Wildman–Crippen MR) is 119 cm³/mol. The number of anilines is 1. The summed E-state index contributed by atoms with van der Waals surface area (Å²) in [5.41, 5.74) is 1.22. The van der Waals surface area contributed by atoms with Crippen LogP contribution in [-0.2, 0) is 9.59 Å². The van der Waals surface area contributed by atoms with Gasteiger partial charge in [0.05, 0.1) is 12.0 Å². The number of halogens is 2. The van der Waals surface area contributed by atoms with Gasteiger partial charge in [0.25, 0.3) is 0 Å². The topological polar surface area (TPSA) is 75.7 Å². The van der Waals surface area contributed by atoms with E-state index in [2.05, 4.69) is 5.32 Å². The number of carbonyl (C=O) groups excluding carboxylic acids is 3. The third-order valence-electron chi connectivity index (χ3n) is 6.06. The van der Waals surface area contributed by atoms with Gasteiger partial charge < -0.3 is 15.0 Å². The quantitative estimate of drug-likeness (QED) is 0.730. The highest BCUT2D eigenvalue weighted by Gasteiger charge is 2.44. The lowest BCUT2D eigenvalue weighted by Crippen LogP contribution is -2.52. The molecule has 2 aliphatic heterocycles. The van der Waals surface area contributed by atoms with Crippen molar-refractivity contribution in [3.8, 4) is 5.75 Å². The molecule has 2 heterocycles. The van der Waals surface area contributed by atoms with Crippen LogP contribution in [0.1, 0.15) is 48.0 Å². The van der Waals surface area contributed by atoms with Gasteiger partial charge in [0.15, 0.2) is 5.78 Å². The summed E-state index contributed by atoms with van der Waals surface area (Å²) in [6.07, 6.45) is 1.49. The van der Waals surface area contributed by atoms with Crippen molar-refractivity contribution in [1.82, 2.24) is 4.90 Å². The number of piperidine rings is 1. The SMILES string of the molecule is Cc1cc(Cl)cc2c1OC1(CCN(C(=O)CCC(=O)Nc3ccc(F)cc3)CC1)CC2=O. The third kappa shape index (κ3) is 4.78. The lowest BCUT2D eigenvalue weighted by atomic mass is 9.82. The van der Waals surface area contributed by atoms with Crippen LogP contribution >= 0.6 is 11.6 Å². The van der Waals surface area contributed by atoms with E-state index < -0.39 is 5.60 Å². The van der Waals surface area contributed by atoms with Crippen LogP contribution < -0.4 is 10.1 Å². The molecule has 2 amide bonds. The number of carbonyl (C=O) groups is 3. The zero-order chi connectivity index (χ0) is 22.9. The molecule has 2 aromatic rings. The van der Waals surface area contributed by atoms with Crippen molar-refractivity contribution >= 4 is 34.9 Å². The molecule has 0 radical (unpaired) electrons. The van der Waals surface area contributed by atoms with E-state index in [9.17, 15) is 18.8 Å². The highest BCUT2D eigenvalue weighted by Crippen LogP contribution is 2.42. The largest absolute Gasteiger partial charge is 0.486 e. The molecule has 0 aliphatic carbocycles. The highest BCUT2D eigenvalue weighted by molar-refractivity contribution is 6.31. The third-order valence-corrected chi connectivity index (χ3v) is 6.28. The first-order valence-electron chi connectivity index (χ1n) is 10.6. The molecule has 1 fully saturated rings. The fourth-order valence-corrected chi connectivity index (χ4v) is 4.56. The van der Waals surface area contributed by atoms with Gasteiger partial charge in [-0.15, -0.1) is 0 Å². The number of aryl methyl sites for hydroxylation is 1. The molecule has 0 atom stereocenters. The van der Waals surface area contributed by atoms with E-state index in [0.717, 1.165) is 5.56 Å². The van der Waals surface area contributed by atoms with Crippen molar-refractivity contribution in [2.24, 2.45) is 0 Å². The zero-order valence-corrected chi connectivity index (χ0v) is 18.5. The van der Waals surface area contributed by atoms with E-state index in [-0.39, 0.29) is 42.7 Å². The number of nitrogens with one attached hydrogen (secondary N) is 1. The maximum absolute atomic E-state index is 13.0. The predicted octanol–water partition coefficient (Wildman–Crippen LogP) is 4.53. The van der Waals surface area contributed by atoms with E-state index in [1.807, 2.05) is 6.92 Å². The number of hydrogen-bond acceptors (Lipinski definition) is 4. The number of hydrogen-bond donors (Lipinski definition) is 1. The van der Waals surface area contributed by atoms with E-state index in [1.165, 1.54) is 24.3 Å². The van der Waals surface area contributed by atoms with Crippen LogP contribution in [0, 0.1) is 12.7 Å². The molecular formula is C24H24ClFN2O4. The van der Waals surface area contributed by atoms with Gasteiger partial charge in [0.1, 0.15) is 17.2 Å². The molecule has 4 rings (SSSR count). The molecule has 0 unspecified atom stereocenters. The first-order chi connectivity index (χ1) is 15.2. The second-order valence-electron chi connectivity index (χ2n) is 8.42. The summed E-state index contributed by atoms with van der Waals surface area (Å²) < 4.78 is 19.3. The summed E-state index contributed by atoms with van der Waals surface area (Å²) in [5, 5.41) is 3.17. The molecule has 2 aliphatic rings. The molecular weight excluding hydrogens is 435 g/mol. The lowest BCUT2D eigenvalue weighted by molar-refractivity contribution is -0.136. The number of Topliss-reactive ketones (excluding diaryl/α,β-unsaturated/α-hetero) is 1. The fourth-order valence-electron chi connectivity index (χ4n) is 4.29. The van der Waals surface area contributed by atoms with Crippen molar-refractivity contribution in [1.29, 1.82) is 0 Å². The Morgan fingerprint density at radius 1 is 1.16 bits per heavy atom. The number of nitrogens with zero attached hydrogens (tertiary/aromatic N) is 1. The average Bonchev–Trinajstić information content (AvgIpc) is 2.75. The first-order valence-corrected chi connectivity index (χ1v) is 11.0. The summed E-state index contributed by atoms with van der Waals surface area (Å²) in [4.78, 5) is 39.1. The first kappa shape index (κ1) is 22.3. The van der Waals surface area contributed by atoms with Gasteiger partial charge in [0.2, 0.25) is 11.8 Å². The Balaban J connectivity index is 1.30. The standard InChI is InChI=1S/C24H24ClFN2O4/c1-15-12-16(25)13-19-20(29)14-24(32-23(15)19)8-10-28(11-9-24)22(31)7-6-21(30)27-18-4-2-17(26)3-5-18/h2-5,12-13H,6-11,14H2,1H3,(H,27,30). The van der Waals surface area contributed by atoms with Gasteiger partial charge in [0, 0.05) is 49.5 Å². The van der Waals surface area contributed by atoms with E-state index >= 15 is 0 Å². The highest BCUT2D eigenvalue weighted by atomic mass is 35.5. The van der Waals surface area contributed by atoms with Gasteiger partial charge in [-0.05, 0) is 48.9 Å². The molecule has 1 N–H and O–H groups in total. The Kier molecular flexibility index (Phi) is 6.20. The molecule has 1 saturated heterocycles.